The van der Waals surface area contributed by atoms with Crippen LogP contribution < -0.4 is 5.73 Å². The van der Waals surface area contributed by atoms with E-state index >= 15 is 0 Å². The Labute approximate surface area is 147 Å². The Bertz CT molecular complexity index is 874. The number of aliphatic imine (C=N–C) groups is 1. The predicted molar refractivity (Wildman–Crippen MR) is 83.5 cm³/mol. The summed E-state index contributed by atoms with van der Waals surface area (Å²) in [6.07, 6.45) is 1.49. The molecule has 1 aromatic heterocycles. The van der Waals surface area contributed by atoms with E-state index in [2.05, 4.69) is 14.3 Å². The first-order chi connectivity index (χ1) is 12.2. The predicted octanol–water partition coefficient (Wildman–Crippen LogP) is -0.279. The zero-order valence-corrected chi connectivity index (χ0v) is 14.0. The molecule has 3 heterocycles. The molecule has 0 spiro atoms. The number of hydroxylamine groups is 2. The Kier molecular flexibility index (Phi) is 4.60. The van der Waals surface area contributed by atoms with Crippen LogP contribution in [0.25, 0.3) is 0 Å². The lowest BCUT2D eigenvalue weighted by atomic mass is 10.0. The van der Waals surface area contributed by atoms with Crippen LogP contribution in [-0.2, 0) is 14.7 Å². The van der Waals surface area contributed by atoms with Crippen molar-refractivity contribution < 1.29 is 31.2 Å². The van der Waals surface area contributed by atoms with Gasteiger partial charge >= 0.3 is 16.4 Å². The van der Waals surface area contributed by atoms with Crippen molar-refractivity contribution in [3.63, 3.8) is 0 Å². The molecule has 3 amide bonds. The molecule has 2 atom stereocenters. The van der Waals surface area contributed by atoms with Crippen LogP contribution in [0.1, 0.15) is 23.3 Å². The summed E-state index contributed by atoms with van der Waals surface area (Å²) in [4.78, 5) is 32.8. The van der Waals surface area contributed by atoms with E-state index in [1.165, 1.54) is 4.90 Å². The standard InChI is InChI=1S/C13H14FN5O6S/c14-7-1-3-9(16-5-7)12(20)17-11(15)10-4-2-8-6-18(10)13(21)19(8)25-26(22,23)24/h1,3,5,8,10H,2,4,6H2,(H2,15,17,20)(H,22,23,24). The number of amides is 3. The van der Waals surface area contributed by atoms with Crippen molar-refractivity contribution in [3.8, 4) is 0 Å². The molecule has 2 saturated heterocycles. The van der Waals surface area contributed by atoms with Gasteiger partial charge in [0.05, 0.1) is 18.3 Å². The zero-order valence-electron chi connectivity index (χ0n) is 13.1. The van der Waals surface area contributed by atoms with Gasteiger partial charge in [-0.2, -0.15) is 18.5 Å². The summed E-state index contributed by atoms with van der Waals surface area (Å²) in [7, 11) is -4.85. The second kappa shape index (κ2) is 6.59. The monoisotopic (exact) mass is 387 g/mol. The lowest BCUT2D eigenvalue weighted by molar-refractivity contribution is -0.0316. The Hall–Kier alpha value is -2.64. The maximum atomic E-state index is 12.8. The number of pyridine rings is 1. The van der Waals surface area contributed by atoms with E-state index in [-0.39, 0.29) is 18.1 Å². The van der Waals surface area contributed by atoms with Crippen molar-refractivity contribution in [2.24, 2.45) is 10.7 Å². The molecular weight excluding hydrogens is 373 g/mol. The fourth-order valence-electron chi connectivity index (χ4n) is 2.89. The van der Waals surface area contributed by atoms with Gasteiger partial charge in [-0.05, 0) is 25.0 Å². The van der Waals surface area contributed by atoms with Gasteiger partial charge in [-0.3, -0.25) is 9.35 Å². The van der Waals surface area contributed by atoms with Crippen LogP contribution in [-0.4, -0.2) is 64.3 Å². The van der Waals surface area contributed by atoms with Gasteiger partial charge in [-0.25, -0.2) is 14.2 Å². The number of piperidine rings is 1. The van der Waals surface area contributed by atoms with Crippen LogP contribution in [0.3, 0.4) is 0 Å². The summed E-state index contributed by atoms with van der Waals surface area (Å²) in [5.74, 6) is -1.58. The van der Waals surface area contributed by atoms with Gasteiger partial charge in [0.25, 0.3) is 5.91 Å². The van der Waals surface area contributed by atoms with E-state index < -0.39 is 40.2 Å². The molecule has 2 fully saturated rings. The highest BCUT2D eigenvalue weighted by molar-refractivity contribution is 7.80. The van der Waals surface area contributed by atoms with Gasteiger partial charge < -0.3 is 10.6 Å². The average Bonchev–Trinajstić information content (AvgIpc) is 2.79. The Morgan fingerprint density at radius 1 is 1.42 bits per heavy atom. The molecule has 0 aliphatic carbocycles. The van der Waals surface area contributed by atoms with Gasteiger partial charge in [0.15, 0.2) is 0 Å². The minimum absolute atomic E-state index is 0.0955. The third-order valence-electron chi connectivity index (χ3n) is 4.02. The first kappa shape index (κ1) is 18.2. The van der Waals surface area contributed by atoms with Crippen LogP contribution >= 0.6 is 0 Å². The number of rotatable bonds is 4. The van der Waals surface area contributed by atoms with E-state index in [0.717, 1.165) is 18.3 Å². The SMILES string of the molecule is NC(=NC(=O)c1ccc(F)cn1)C1CCC2CN1C(=O)N2OS(=O)(=O)O. The molecule has 140 valence electrons. The third-order valence-corrected chi connectivity index (χ3v) is 4.36. The highest BCUT2D eigenvalue weighted by atomic mass is 32.3. The number of carbonyl (C=O) groups excluding carboxylic acids is 2. The van der Waals surface area contributed by atoms with Crippen molar-refractivity contribution in [3.05, 3.63) is 29.8 Å². The molecule has 11 nitrogen and oxygen atoms in total. The van der Waals surface area contributed by atoms with Crippen LogP contribution in [0.4, 0.5) is 9.18 Å². The first-order valence-corrected chi connectivity index (χ1v) is 8.79. The third kappa shape index (κ3) is 3.63. The molecular formula is C13H14FN5O6S. The number of halogens is 1. The Morgan fingerprint density at radius 3 is 2.77 bits per heavy atom. The lowest BCUT2D eigenvalue weighted by Gasteiger charge is -2.29. The van der Waals surface area contributed by atoms with E-state index in [4.69, 9.17) is 10.3 Å². The van der Waals surface area contributed by atoms with Crippen molar-refractivity contribution in [1.82, 2.24) is 14.9 Å². The molecule has 2 unspecified atom stereocenters. The molecule has 1 aromatic rings. The number of nitrogens with zero attached hydrogens (tertiary/aromatic N) is 4. The van der Waals surface area contributed by atoms with Crippen LogP contribution in [0.2, 0.25) is 0 Å². The quantitative estimate of drug-likeness (QED) is 0.406. The maximum absolute atomic E-state index is 12.8. The summed E-state index contributed by atoms with van der Waals surface area (Å²) in [6, 6.07) is 0.0430. The molecule has 13 heteroatoms. The molecule has 0 aromatic carbocycles. The minimum Gasteiger partial charge on any atom is -0.385 e. The molecule has 26 heavy (non-hydrogen) atoms. The number of nitrogens with two attached hydrogens (primary N) is 1. The molecule has 3 N–H and O–H groups in total. The van der Waals surface area contributed by atoms with Crippen molar-refractivity contribution >= 4 is 28.2 Å². The summed E-state index contributed by atoms with van der Waals surface area (Å²) in [5.41, 5.74) is 5.72. The normalized spacial score (nSPS) is 23.5. The van der Waals surface area contributed by atoms with Gasteiger partial charge in [-0.1, -0.05) is 0 Å². The molecule has 0 radical (unpaired) electrons. The van der Waals surface area contributed by atoms with Crippen LogP contribution in [0.5, 0.6) is 0 Å². The summed E-state index contributed by atoms with van der Waals surface area (Å²) >= 11 is 0. The fraction of sp³-hybridized carbons (Fsp3) is 0.385. The maximum Gasteiger partial charge on any atom is 0.418 e. The van der Waals surface area contributed by atoms with Crippen LogP contribution in [0, 0.1) is 5.82 Å². The number of fused-ring (bicyclic) bond motifs is 2. The largest absolute Gasteiger partial charge is 0.418 e. The number of amidine groups is 1. The topological polar surface area (TPSA) is 155 Å². The lowest BCUT2D eigenvalue weighted by Crippen LogP contribution is -2.48. The number of urea groups is 1. The second-order valence-electron chi connectivity index (χ2n) is 5.71. The molecule has 2 bridgehead atoms. The minimum atomic E-state index is -4.85. The molecule has 3 rings (SSSR count). The number of carbonyl (C=O) groups is 2. The van der Waals surface area contributed by atoms with Gasteiger partial charge in [0, 0.05) is 6.54 Å². The average molecular weight is 387 g/mol. The highest BCUT2D eigenvalue weighted by Crippen LogP contribution is 2.30. The van der Waals surface area contributed by atoms with E-state index in [0.29, 0.717) is 17.9 Å². The van der Waals surface area contributed by atoms with Crippen molar-refractivity contribution in [1.29, 1.82) is 0 Å². The van der Waals surface area contributed by atoms with Crippen molar-refractivity contribution in [2.45, 2.75) is 24.9 Å². The van der Waals surface area contributed by atoms with E-state index in [1.54, 1.807) is 0 Å². The van der Waals surface area contributed by atoms with E-state index in [1.807, 2.05) is 0 Å². The number of hydrogen-bond donors (Lipinski definition) is 2. The molecule has 0 saturated carbocycles. The Balaban J connectivity index is 1.77. The van der Waals surface area contributed by atoms with Crippen LogP contribution in [0.15, 0.2) is 23.3 Å². The van der Waals surface area contributed by atoms with Crippen molar-refractivity contribution in [2.75, 3.05) is 6.54 Å². The Morgan fingerprint density at radius 2 is 2.15 bits per heavy atom. The summed E-state index contributed by atoms with van der Waals surface area (Å²) in [6.45, 7) is 0.0955. The number of hydrogen-bond acceptors (Lipinski definition) is 6. The van der Waals surface area contributed by atoms with E-state index in [9.17, 15) is 22.4 Å². The first-order valence-electron chi connectivity index (χ1n) is 7.42. The summed E-state index contributed by atoms with van der Waals surface area (Å²) in [5, 5.41) is 0.561. The highest BCUT2D eigenvalue weighted by Gasteiger charge is 2.48. The number of aromatic nitrogens is 1. The van der Waals surface area contributed by atoms with Gasteiger partial charge in [0.1, 0.15) is 17.3 Å². The molecule has 2 aliphatic rings. The smallest absolute Gasteiger partial charge is 0.385 e. The summed E-state index contributed by atoms with van der Waals surface area (Å²) < 4.78 is 47.6. The van der Waals surface area contributed by atoms with Gasteiger partial charge in [0.2, 0.25) is 0 Å². The van der Waals surface area contributed by atoms with Gasteiger partial charge in [-0.15, -0.1) is 4.28 Å². The molecule has 2 aliphatic heterocycles. The fourth-order valence-corrected chi connectivity index (χ4v) is 3.28. The zero-order chi connectivity index (χ0) is 19.1. The second-order valence-corrected chi connectivity index (χ2v) is 6.72.